The molecular formula is C14H23FN2O. The van der Waals surface area contributed by atoms with Gasteiger partial charge in [0.25, 0.3) is 0 Å². The largest absolute Gasteiger partial charge is 0.389 e. The number of likely N-dealkylation sites (N-methyl/N-ethyl adjacent to an activating group) is 1. The Kier molecular flexibility index (Phi) is 5.26. The molecule has 0 saturated heterocycles. The average Bonchev–Trinajstić information content (AvgIpc) is 2.24. The molecule has 1 aromatic carbocycles. The summed E-state index contributed by atoms with van der Waals surface area (Å²) in [6.45, 7) is 4.96. The minimum atomic E-state index is -0.700. The zero-order chi connectivity index (χ0) is 13.8. The minimum Gasteiger partial charge on any atom is -0.389 e. The molecule has 0 radical (unpaired) electrons. The van der Waals surface area contributed by atoms with Crippen molar-refractivity contribution in [3.63, 3.8) is 0 Å². The number of nitrogens with two attached hydrogens (primary N) is 1. The van der Waals surface area contributed by atoms with E-state index in [9.17, 15) is 9.50 Å². The van der Waals surface area contributed by atoms with E-state index in [2.05, 4.69) is 0 Å². The van der Waals surface area contributed by atoms with Gasteiger partial charge in [-0.15, -0.1) is 0 Å². The van der Waals surface area contributed by atoms with Gasteiger partial charge in [0, 0.05) is 12.6 Å². The Bertz CT molecular complexity index is 359. The zero-order valence-corrected chi connectivity index (χ0v) is 11.4. The highest BCUT2D eigenvalue weighted by molar-refractivity contribution is 5.19. The quantitative estimate of drug-likeness (QED) is 0.815. The average molecular weight is 254 g/mol. The van der Waals surface area contributed by atoms with E-state index in [1.807, 2.05) is 11.9 Å². The van der Waals surface area contributed by atoms with E-state index in [1.54, 1.807) is 26.0 Å². The molecule has 0 saturated carbocycles. The molecule has 0 aliphatic rings. The maximum atomic E-state index is 12.8. The molecule has 0 aliphatic carbocycles. The van der Waals surface area contributed by atoms with Crippen molar-refractivity contribution in [3.8, 4) is 0 Å². The Balaban J connectivity index is 2.41. The van der Waals surface area contributed by atoms with Crippen molar-refractivity contribution in [2.45, 2.75) is 31.9 Å². The first kappa shape index (κ1) is 15.1. The van der Waals surface area contributed by atoms with Crippen LogP contribution in [0, 0.1) is 5.82 Å². The van der Waals surface area contributed by atoms with Crippen LogP contribution < -0.4 is 5.73 Å². The number of nitrogens with zero attached hydrogens (tertiary/aromatic N) is 1. The molecule has 1 atom stereocenters. The molecule has 1 aromatic rings. The molecule has 18 heavy (non-hydrogen) atoms. The summed E-state index contributed by atoms with van der Waals surface area (Å²) in [6.07, 6.45) is 0.776. The smallest absolute Gasteiger partial charge is 0.123 e. The molecule has 1 rings (SSSR count). The van der Waals surface area contributed by atoms with Gasteiger partial charge < -0.3 is 15.7 Å². The summed E-state index contributed by atoms with van der Waals surface area (Å²) in [5.41, 5.74) is 6.28. The van der Waals surface area contributed by atoms with Gasteiger partial charge in [0.2, 0.25) is 0 Å². The number of hydrogen-bond donors (Lipinski definition) is 2. The molecule has 1 unspecified atom stereocenters. The molecule has 3 nitrogen and oxygen atoms in total. The van der Waals surface area contributed by atoms with E-state index in [0.717, 1.165) is 18.5 Å². The van der Waals surface area contributed by atoms with Crippen LogP contribution in [0.15, 0.2) is 24.3 Å². The lowest BCUT2D eigenvalue weighted by molar-refractivity contribution is 0.0438. The summed E-state index contributed by atoms with van der Waals surface area (Å²) in [5, 5.41) is 9.69. The fourth-order valence-electron chi connectivity index (χ4n) is 1.98. The van der Waals surface area contributed by atoms with Gasteiger partial charge in [-0.1, -0.05) is 12.1 Å². The van der Waals surface area contributed by atoms with Gasteiger partial charge in [-0.25, -0.2) is 4.39 Å². The molecule has 102 valence electrons. The lowest BCUT2D eigenvalue weighted by Gasteiger charge is -2.26. The first-order valence-electron chi connectivity index (χ1n) is 6.20. The second kappa shape index (κ2) is 6.27. The standard InChI is InChI=1S/C14H23FN2O/c1-14(2,18)10-17(3)9-8-13(16)11-4-6-12(15)7-5-11/h4-7,13,18H,8-10,16H2,1-3H3. The van der Waals surface area contributed by atoms with Crippen LogP contribution in [0.3, 0.4) is 0 Å². The third kappa shape index (κ3) is 5.58. The van der Waals surface area contributed by atoms with Crippen LogP contribution in [0.2, 0.25) is 0 Å². The van der Waals surface area contributed by atoms with Gasteiger partial charge in [-0.2, -0.15) is 0 Å². The summed E-state index contributed by atoms with van der Waals surface area (Å²) < 4.78 is 12.8. The number of rotatable bonds is 6. The first-order chi connectivity index (χ1) is 8.28. The minimum absolute atomic E-state index is 0.102. The first-order valence-corrected chi connectivity index (χ1v) is 6.20. The molecule has 3 N–H and O–H groups in total. The summed E-state index contributed by atoms with van der Waals surface area (Å²) in [4.78, 5) is 2.05. The molecule has 0 bridgehead atoms. The third-order valence-corrected chi connectivity index (χ3v) is 2.78. The molecule has 0 aliphatic heterocycles. The lowest BCUT2D eigenvalue weighted by Crippen LogP contribution is -2.37. The molecule has 0 spiro atoms. The van der Waals surface area contributed by atoms with Crippen molar-refractivity contribution in [1.29, 1.82) is 0 Å². The van der Waals surface area contributed by atoms with E-state index in [1.165, 1.54) is 12.1 Å². The van der Waals surface area contributed by atoms with Crippen LogP contribution in [0.25, 0.3) is 0 Å². The number of hydrogen-bond acceptors (Lipinski definition) is 3. The molecular weight excluding hydrogens is 231 g/mol. The molecule has 4 heteroatoms. The van der Waals surface area contributed by atoms with Crippen molar-refractivity contribution in [1.82, 2.24) is 4.90 Å². The fraction of sp³-hybridized carbons (Fsp3) is 0.571. The van der Waals surface area contributed by atoms with Crippen LogP contribution in [-0.2, 0) is 0 Å². The number of aliphatic hydroxyl groups is 1. The predicted molar refractivity (Wildman–Crippen MR) is 71.7 cm³/mol. The number of halogens is 1. The SMILES string of the molecule is CN(CCC(N)c1ccc(F)cc1)CC(C)(C)O. The van der Waals surface area contributed by atoms with Crippen LogP contribution in [0.5, 0.6) is 0 Å². The van der Waals surface area contributed by atoms with Gasteiger partial charge in [-0.3, -0.25) is 0 Å². The third-order valence-electron chi connectivity index (χ3n) is 2.78. The van der Waals surface area contributed by atoms with E-state index in [-0.39, 0.29) is 11.9 Å². The second-order valence-electron chi connectivity index (χ2n) is 5.50. The highest BCUT2D eigenvalue weighted by atomic mass is 19.1. The van der Waals surface area contributed by atoms with Crippen molar-refractivity contribution < 1.29 is 9.50 Å². The van der Waals surface area contributed by atoms with Crippen LogP contribution in [0.4, 0.5) is 4.39 Å². The Morgan fingerprint density at radius 3 is 2.39 bits per heavy atom. The van der Waals surface area contributed by atoms with Gasteiger partial charge in [0.15, 0.2) is 0 Å². The van der Waals surface area contributed by atoms with E-state index >= 15 is 0 Å². The van der Waals surface area contributed by atoms with Gasteiger partial charge >= 0.3 is 0 Å². The molecule has 0 amide bonds. The molecule has 0 fully saturated rings. The predicted octanol–water partition coefficient (Wildman–Crippen LogP) is 1.92. The van der Waals surface area contributed by atoms with E-state index < -0.39 is 5.60 Å². The zero-order valence-electron chi connectivity index (χ0n) is 11.4. The summed E-state index contributed by atoms with van der Waals surface area (Å²) in [7, 11) is 1.95. The van der Waals surface area contributed by atoms with Crippen LogP contribution in [0.1, 0.15) is 31.9 Å². The van der Waals surface area contributed by atoms with Crippen LogP contribution in [-0.4, -0.2) is 35.7 Å². The second-order valence-corrected chi connectivity index (χ2v) is 5.50. The van der Waals surface area contributed by atoms with E-state index in [0.29, 0.717) is 6.54 Å². The lowest BCUT2D eigenvalue weighted by atomic mass is 10.0. The summed E-state index contributed by atoms with van der Waals surface area (Å²) in [5.74, 6) is -0.245. The van der Waals surface area contributed by atoms with Crippen molar-refractivity contribution >= 4 is 0 Å². The van der Waals surface area contributed by atoms with Crippen molar-refractivity contribution in [3.05, 3.63) is 35.6 Å². The van der Waals surface area contributed by atoms with Crippen LogP contribution >= 0.6 is 0 Å². The van der Waals surface area contributed by atoms with E-state index in [4.69, 9.17) is 5.73 Å². The maximum absolute atomic E-state index is 12.8. The van der Waals surface area contributed by atoms with Crippen molar-refractivity contribution in [2.75, 3.05) is 20.1 Å². The summed E-state index contributed by atoms with van der Waals surface area (Å²) >= 11 is 0. The normalized spacial score (nSPS) is 13.9. The molecule has 0 aromatic heterocycles. The topological polar surface area (TPSA) is 49.5 Å². The fourth-order valence-corrected chi connectivity index (χ4v) is 1.98. The maximum Gasteiger partial charge on any atom is 0.123 e. The Morgan fingerprint density at radius 1 is 1.33 bits per heavy atom. The highest BCUT2D eigenvalue weighted by Gasteiger charge is 2.16. The molecule has 0 heterocycles. The van der Waals surface area contributed by atoms with Gasteiger partial charge in [-0.05, 0) is 51.6 Å². The Labute approximate surface area is 108 Å². The van der Waals surface area contributed by atoms with Gasteiger partial charge in [0.05, 0.1) is 5.60 Å². The Hall–Kier alpha value is -0.970. The van der Waals surface area contributed by atoms with Crippen molar-refractivity contribution in [2.24, 2.45) is 5.73 Å². The summed E-state index contributed by atoms with van der Waals surface area (Å²) in [6, 6.07) is 6.19. The number of benzene rings is 1. The highest BCUT2D eigenvalue weighted by Crippen LogP contribution is 2.15. The van der Waals surface area contributed by atoms with Gasteiger partial charge in [0.1, 0.15) is 5.82 Å². The monoisotopic (exact) mass is 254 g/mol. The Morgan fingerprint density at radius 2 is 1.89 bits per heavy atom.